The highest BCUT2D eigenvalue weighted by molar-refractivity contribution is 9.10. The van der Waals surface area contributed by atoms with Crippen molar-refractivity contribution in [2.24, 2.45) is 21.6 Å². The van der Waals surface area contributed by atoms with E-state index in [2.05, 4.69) is 38.5 Å². The summed E-state index contributed by atoms with van der Waals surface area (Å²) in [6.45, 7) is 0.950. The molecule has 1 aromatic rings. The number of aliphatic imine (C=N–C) groups is 2. The maximum Gasteiger partial charge on any atom is 0.407 e. The molecule has 1 fully saturated rings. The highest BCUT2D eigenvalue weighted by Crippen LogP contribution is 2.44. The Balaban J connectivity index is 1.97. The van der Waals surface area contributed by atoms with Crippen LogP contribution in [0, 0.1) is 5.92 Å². The first-order chi connectivity index (χ1) is 10.9. The molecule has 1 amide bonds. The molecule has 1 aromatic carbocycles. The fraction of sp³-hybridized carbons (Fsp3) is 0.400. The first-order valence-corrected chi connectivity index (χ1v) is 8.55. The molecule has 1 saturated heterocycles. The van der Waals surface area contributed by atoms with Gasteiger partial charge in [-0.1, -0.05) is 28.1 Å². The predicted molar refractivity (Wildman–Crippen MR) is 96.2 cm³/mol. The average Bonchev–Trinajstić information content (AvgIpc) is 2.84. The number of hydrogen-bond acceptors (Lipinski definition) is 4. The van der Waals surface area contributed by atoms with Crippen LogP contribution in [0.15, 0.2) is 38.7 Å². The number of likely N-dealkylation sites (tertiary alicyclic amines) is 1. The van der Waals surface area contributed by atoms with Gasteiger partial charge in [0.2, 0.25) is 0 Å². The molecule has 122 valence electrons. The number of rotatable bonds is 2. The van der Waals surface area contributed by atoms with Gasteiger partial charge in [-0.2, -0.15) is 0 Å². The molecular weight excluding hydrogens is 380 g/mol. The minimum atomic E-state index is -0.882. The molecule has 3 N–H and O–H groups in total. The zero-order valence-corrected chi connectivity index (χ0v) is 14.8. The molecule has 8 heteroatoms. The minimum Gasteiger partial charge on any atom is -0.465 e. The van der Waals surface area contributed by atoms with E-state index in [4.69, 9.17) is 10.8 Å². The molecule has 1 unspecified atom stereocenters. The fourth-order valence-electron chi connectivity index (χ4n) is 3.22. The first kappa shape index (κ1) is 16.3. The topological polar surface area (TPSA) is 91.3 Å². The molecule has 2 aliphatic rings. The van der Waals surface area contributed by atoms with Gasteiger partial charge in [0.25, 0.3) is 0 Å². The normalized spacial score (nSPS) is 25.2. The van der Waals surface area contributed by atoms with Crippen LogP contribution in [0.25, 0.3) is 0 Å². The van der Waals surface area contributed by atoms with Crippen LogP contribution < -0.4 is 5.73 Å². The van der Waals surface area contributed by atoms with Gasteiger partial charge < -0.3 is 15.7 Å². The number of nitrogens with two attached hydrogens (primary N) is 1. The number of amidine groups is 1. The summed E-state index contributed by atoms with van der Waals surface area (Å²) in [4.78, 5) is 21.8. The predicted octanol–water partition coefficient (Wildman–Crippen LogP) is 2.69. The SMILES string of the molecule is NC1=NC(c2cccc(Br)c2)(C2CCN(C(=O)O)CC2)N=C1S. The molecule has 0 aliphatic carbocycles. The monoisotopic (exact) mass is 396 g/mol. The molecule has 0 aromatic heterocycles. The summed E-state index contributed by atoms with van der Waals surface area (Å²) in [5.41, 5.74) is 6.07. The minimum absolute atomic E-state index is 0.0793. The van der Waals surface area contributed by atoms with Gasteiger partial charge in [-0.3, -0.25) is 0 Å². The number of halogens is 1. The third-order valence-corrected chi connectivity index (χ3v) is 5.20. The molecule has 0 spiro atoms. The third kappa shape index (κ3) is 2.97. The summed E-state index contributed by atoms with van der Waals surface area (Å²) in [7, 11) is 0. The summed E-state index contributed by atoms with van der Waals surface area (Å²) >= 11 is 7.81. The number of carbonyl (C=O) groups is 1. The van der Waals surface area contributed by atoms with Crippen molar-refractivity contribution in [2.75, 3.05) is 13.1 Å². The Morgan fingerprint density at radius 2 is 2.09 bits per heavy atom. The van der Waals surface area contributed by atoms with E-state index in [1.54, 1.807) is 0 Å². The smallest absolute Gasteiger partial charge is 0.407 e. The van der Waals surface area contributed by atoms with Gasteiger partial charge in [0.05, 0.1) is 0 Å². The van der Waals surface area contributed by atoms with Crippen LogP contribution in [0.1, 0.15) is 18.4 Å². The van der Waals surface area contributed by atoms with Gasteiger partial charge >= 0.3 is 6.09 Å². The van der Waals surface area contributed by atoms with Crippen molar-refractivity contribution < 1.29 is 9.90 Å². The molecule has 6 nitrogen and oxygen atoms in total. The van der Waals surface area contributed by atoms with Gasteiger partial charge in [0.15, 0.2) is 11.5 Å². The number of amides is 1. The second-order valence-electron chi connectivity index (χ2n) is 5.71. The summed E-state index contributed by atoms with van der Waals surface area (Å²) in [5, 5.41) is 9.56. The lowest BCUT2D eigenvalue weighted by Crippen LogP contribution is -2.43. The van der Waals surface area contributed by atoms with E-state index in [9.17, 15) is 4.79 Å². The van der Waals surface area contributed by atoms with Gasteiger partial charge in [0, 0.05) is 29.0 Å². The fourth-order valence-corrected chi connectivity index (χ4v) is 3.82. The van der Waals surface area contributed by atoms with E-state index in [-0.39, 0.29) is 5.92 Å². The lowest BCUT2D eigenvalue weighted by atomic mass is 9.80. The van der Waals surface area contributed by atoms with Crippen molar-refractivity contribution >= 4 is 45.5 Å². The molecule has 3 rings (SSSR count). The van der Waals surface area contributed by atoms with Crippen LogP contribution in [0.5, 0.6) is 0 Å². The van der Waals surface area contributed by atoms with E-state index in [1.165, 1.54) is 4.90 Å². The first-order valence-electron chi connectivity index (χ1n) is 7.31. The zero-order chi connectivity index (χ0) is 16.6. The number of nitrogens with zero attached hydrogens (tertiary/aromatic N) is 3. The highest BCUT2D eigenvalue weighted by Gasteiger charge is 2.45. The van der Waals surface area contributed by atoms with Crippen LogP contribution in [0.4, 0.5) is 4.79 Å². The van der Waals surface area contributed by atoms with Crippen LogP contribution in [0.3, 0.4) is 0 Å². The van der Waals surface area contributed by atoms with Gasteiger partial charge in [-0.05, 0) is 25.0 Å². The Morgan fingerprint density at radius 3 is 2.61 bits per heavy atom. The summed E-state index contributed by atoms with van der Waals surface area (Å²) in [6, 6.07) is 7.83. The zero-order valence-electron chi connectivity index (χ0n) is 12.3. The van der Waals surface area contributed by atoms with Crippen molar-refractivity contribution in [3.05, 3.63) is 34.3 Å². The molecule has 2 aliphatic heterocycles. The second kappa shape index (κ2) is 6.16. The third-order valence-electron chi connectivity index (χ3n) is 4.38. The summed E-state index contributed by atoms with van der Waals surface area (Å²) in [5.74, 6) is 0.407. The standard InChI is InChI=1S/C15H17BrN4O2S/c16-11-3-1-2-10(8-11)15(18-12(17)13(23)19-15)9-4-6-20(7-5-9)14(21)22/h1-3,8-9H,4-7H2,(H2,17,18)(H,19,23)(H,21,22). The molecule has 1 atom stereocenters. The molecule has 2 heterocycles. The van der Waals surface area contributed by atoms with E-state index in [0.717, 1.165) is 10.0 Å². The van der Waals surface area contributed by atoms with Crippen LogP contribution in [-0.4, -0.2) is 40.1 Å². The molecule has 23 heavy (non-hydrogen) atoms. The number of hydrogen-bond donors (Lipinski definition) is 3. The maximum absolute atomic E-state index is 11.1. The lowest BCUT2D eigenvalue weighted by molar-refractivity contribution is 0.107. The largest absolute Gasteiger partial charge is 0.465 e. The van der Waals surface area contributed by atoms with Crippen molar-refractivity contribution in [1.29, 1.82) is 0 Å². The Labute approximate surface area is 148 Å². The Hall–Kier alpha value is -1.54. The van der Waals surface area contributed by atoms with Crippen molar-refractivity contribution in [3.63, 3.8) is 0 Å². The quantitative estimate of drug-likeness (QED) is 0.671. The summed E-state index contributed by atoms with van der Waals surface area (Å²) < 4.78 is 0.939. The summed E-state index contributed by atoms with van der Waals surface area (Å²) in [6.07, 6.45) is 0.480. The van der Waals surface area contributed by atoms with Crippen molar-refractivity contribution in [2.45, 2.75) is 18.5 Å². The molecule has 0 radical (unpaired) electrons. The highest BCUT2D eigenvalue weighted by atomic mass is 79.9. The van der Waals surface area contributed by atoms with Gasteiger partial charge in [0.1, 0.15) is 5.04 Å². The number of benzene rings is 1. The Bertz CT molecular complexity index is 680. The van der Waals surface area contributed by atoms with Crippen molar-refractivity contribution in [3.8, 4) is 0 Å². The van der Waals surface area contributed by atoms with Crippen LogP contribution >= 0.6 is 28.6 Å². The molecular formula is C15H17BrN4O2S. The van der Waals surface area contributed by atoms with E-state index in [0.29, 0.717) is 36.8 Å². The average molecular weight is 397 g/mol. The number of thiol groups is 1. The second-order valence-corrected chi connectivity index (χ2v) is 7.05. The Kier molecular flexibility index (Phi) is 4.37. The lowest BCUT2D eigenvalue weighted by Gasteiger charge is -2.38. The van der Waals surface area contributed by atoms with Gasteiger partial charge in [-0.15, -0.1) is 12.6 Å². The Morgan fingerprint density at radius 1 is 1.39 bits per heavy atom. The van der Waals surface area contributed by atoms with E-state index >= 15 is 0 Å². The van der Waals surface area contributed by atoms with E-state index in [1.807, 2.05) is 24.3 Å². The number of piperidine rings is 1. The number of carboxylic acid groups (broad SMARTS) is 1. The molecule has 0 saturated carbocycles. The van der Waals surface area contributed by atoms with Crippen molar-refractivity contribution in [1.82, 2.24) is 4.90 Å². The van der Waals surface area contributed by atoms with E-state index < -0.39 is 11.8 Å². The van der Waals surface area contributed by atoms with Crippen LogP contribution in [-0.2, 0) is 5.66 Å². The molecule has 0 bridgehead atoms. The maximum atomic E-state index is 11.1. The van der Waals surface area contributed by atoms with Gasteiger partial charge in [-0.25, -0.2) is 14.8 Å². The van der Waals surface area contributed by atoms with Crippen LogP contribution in [0.2, 0.25) is 0 Å².